The van der Waals surface area contributed by atoms with Crippen LogP contribution in [0, 0.1) is 11.8 Å². The van der Waals surface area contributed by atoms with Crippen LogP contribution in [0.2, 0.25) is 0 Å². The summed E-state index contributed by atoms with van der Waals surface area (Å²) in [6.07, 6.45) is 6.10. The maximum atomic E-state index is 13.6. The SMILES string of the molecule is CC(NC(=O)Cn1cnnn1)[C@H]1C(=O)N2C(C(=O)O)=C(S[C@@H]3CN[C@H](C(=O)N4CCCC45CCCNC5)C3)[C@H](C)[C@H]12. The molecule has 4 N–H and O–H groups in total. The number of rotatable bonds is 8. The molecule has 3 amide bonds. The van der Waals surface area contributed by atoms with Crippen LogP contribution in [-0.2, 0) is 25.7 Å². The van der Waals surface area contributed by atoms with E-state index in [0.29, 0.717) is 17.9 Å². The number of fused-ring (bicyclic) bond motifs is 1. The largest absolute Gasteiger partial charge is 0.477 e. The molecule has 0 bridgehead atoms. The van der Waals surface area contributed by atoms with Crippen LogP contribution in [-0.4, -0.2) is 114 Å². The number of nitrogens with zero attached hydrogens (tertiary/aromatic N) is 6. The number of carbonyl (C=O) groups excluding carboxylic acids is 3. The van der Waals surface area contributed by atoms with Crippen molar-refractivity contribution in [1.29, 1.82) is 0 Å². The lowest BCUT2D eigenvalue weighted by atomic mass is 9.78. The highest BCUT2D eigenvalue weighted by atomic mass is 32.2. The average Bonchev–Trinajstić information content (AvgIpc) is 3.73. The van der Waals surface area contributed by atoms with Gasteiger partial charge in [-0.05, 0) is 56.0 Å². The van der Waals surface area contributed by atoms with Crippen molar-refractivity contribution in [2.75, 3.05) is 26.2 Å². The van der Waals surface area contributed by atoms with Crippen LogP contribution in [0.1, 0.15) is 46.0 Å². The Balaban J connectivity index is 1.10. The molecule has 0 radical (unpaired) electrons. The van der Waals surface area contributed by atoms with Crippen LogP contribution < -0.4 is 16.0 Å². The third-order valence-corrected chi connectivity index (χ3v) is 10.9. The number of carbonyl (C=O) groups is 4. The second-order valence-corrected chi connectivity index (χ2v) is 13.3. The molecular weight excluding hydrogens is 550 g/mol. The smallest absolute Gasteiger partial charge is 0.353 e. The number of tetrazole rings is 1. The van der Waals surface area contributed by atoms with Gasteiger partial charge in [0.15, 0.2) is 0 Å². The summed E-state index contributed by atoms with van der Waals surface area (Å²) in [5, 5.41) is 30.6. The molecule has 5 aliphatic heterocycles. The Hall–Kier alpha value is -3.04. The topological polar surface area (TPSA) is 175 Å². The van der Waals surface area contributed by atoms with Gasteiger partial charge in [0.25, 0.3) is 0 Å². The van der Waals surface area contributed by atoms with E-state index in [-0.39, 0.29) is 58.8 Å². The molecule has 222 valence electrons. The minimum Gasteiger partial charge on any atom is -0.477 e. The number of carboxylic acid groups (broad SMARTS) is 1. The van der Waals surface area contributed by atoms with Gasteiger partial charge in [-0.25, -0.2) is 9.48 Å². The van der Waals surface area contributed by atoms with Gasteiger partial charge in [-0.2, -0.15) is 0 Å². The van der Waals surface area contributed by atoms with Crippen molar-refractivity contribution in [1.82, 2.24) is 46.0 Å². The van der Waals surface area contributed by atoms with Gasteiger partial charge in [0.05, 0.1) is 23.5 Å². The number of piperidine rings is 1. The lowest BCUT2D eigenvalue weighted by molar-refractivity contribution is -0.158. The van der Waals surface area contributed by atoms with E-state index in [0.717, 1.165) is 45.3 Å². The summed E-state index contributed by atoms with van der Waals surface area (Å²) in [4.78, 5) is 55.9. The number of likely N-dealkylation sites (tertiary alicyclic amines) is 1. The summed E-state index contributed by atoms with van der Waals surface area (Å²) in [7, 11) is 0. The van der Waals surface area contributed by atoms with E-state index in [1.165, 1.54) is 27.7 Å². The molecule has 0 saturated carbocycles. The van der Waals surface area contributed by atoms with Gasteiger partial charge >= 0.3 is 5.97 Å². The summed E-state index contributed by atoms with van der Waals surface area (Å²) in [5.74, 6) is -2.38. The van der Waals surface area contributed by atoms with Crippen LogP contribution in [0.25, 0.3) is 0 Å². The van der Waals surface area contributed by atoms with E-state index in [2.05, 4.69) is 36.4 Å². The average molecular weight is 588 g/mol. The Morgan fingerprint density at radius 1 is 1.29 bits per heavy atom. The van der Waals surface area contributed by atoms with Crippen LogP contribution >= 0.6 is 11.8 Å². The Labute approximate surface area is 242 Å². The fraction of sp³-hybridized carbons (Fsp3) is 0.731. The van der Waals surface area contributed by atoms with Gasteiger partial charge in [0.1, 0.15) is 18.6 Å². The zero-order valence-electron chi connectivity index (χ0n) is 23.3. The molecule has 4 saturated heterocycles. The number of hydrogen-bond acceptors (Lipinski definition) is 10. The zero-order chi connectivity index (χ0) is 28.9. The standard InChI is InChI=1S/C26H37N9O5S/c1-14-20-19(15(2)30-18(36)11-33-13-29-31-32-33)24(38)35(20)21(25(39)40)22(14)41-16-9-17(28-10-16)23(37)34-8-4-6-26(34)5-3-7-27-12-26/h13-17,19-20,27-28H,3-12H2,1-2H3,(H,30,36)(H,39,40)/t14-,15?,16+,17+,19-,20-,26?/m1/s1. The molecule has 2 unspecified atom stereocenters. The Morgan fingerprint density at radius 2 is 2.10 bits per heavy atom. The van der Waals surface area contributed by atoms with Crippen LogP contribution in [0.4, 0.5) is 0 Å². The number of aliphatic carboxylic acids is 1. The van der Waals surface area contributed by atoms with Crippen molar-refractivity contribution >= 4 is 35.5 Å². The van der Waals surface area contributed by atoms with Gasteiger partial charge in [-0.1, -0.05) is 6.92 Å². The molecule has 41 heavy (non-hydrogen) atoms. The Morgan fingerprint density at radius 3 is 2.80 bits per heavy atom. The van der Waals surface area contributed by atoms with Crippen LogP contribution in [0.5, 0.6) is 0 Å². The van der Waals surface area contributed by atoms with E-state index in [4.69, 9.17) is 0 Å². The minimum absolute atomic E-state index is 0.0134. The Kier molecular flexibility index (Phi) is 7.53. The van der Waals surface area contributed by atoms with Gasteiger partial charge in [0, 0.05) is 41.7 Å². The summed E-state index contributed by atoms with van der Waals surface area (Å²) in [6.45, 7) is 6.85. The van der Waals surface area contributed by atoms with Gasteiger partial charge in [-0.3, -0.25) is 14.4 Å². The maximum absolute atomic E-state index is 13.6. The first-order valence-corrected chi connectivity index (χ1v) is 15.3. The maximum Gasteiger partial charge on any atom is 0.353 e. The molecule has 5 aliphatic rings. The third-order valence-electron chi connectivity index (χ3n) is 9.41. The summed E-state index contributed by atoms with van der Waals surface area (Å²) < 4.78 is 1.29. The molecule has 7 atom stereocenters. The number of carboxylic acids is 1. The highest BCUT2D eigenvalue weighted by Gasteiger charge is 2.60. The van der Waals surface area contributed by atoms with E-state index < -0.39 is 17.9 Å². The lowest BCUT2D eigenvalue weighted by Crippen LogP contribution is -2.66. The molecular formula is C26H37N9O5S. The summed E-state index contributed by atoms with van der Waals surface area (Å²) >= 11 is 1.48. The van der Waals surface area contributed by atoms with Crippen molar-refractivity contribution in [3.8, 4) is 0 Å². The molecule has 1 aromatic rings. The molecule has 6 rings (SSSR count). The highest BCUT2D eigenvalue weighted by Crippen LogP contribution is 2.52. The molecule has 15 heteroatoms. The normalized spacial score (nSPS) is 33.7. The summed E-state index contributed by atoms with van der Waals surface area (Å²) in [6, 6.07) is -1.14. The first kappa shape index (κ1) is 28.1. The van der Waals surface area contributed by atoms with Crippen molar-refractivity contribution in [2.45, 2.75) is 81.4 Å². The van der Waals surface area contributed by atoms with E-state index in [9.17, 15) is 24.3 Å². The summed E-state index contributed by atoms with van der Waals surface area (Å²) in [5.41, 5.74) is -0.0519. The fourth-order valence-corrected chi connectivity index (χ4v) is 8.99. The molecule has 4 fully saturated rings. The van der Waals surface area contributed by atoms with Crippen molar-refractivity contribution in [3.63, 3.8) is 0 Å². The fourth-order valence-electron chi connectivity index (χ4n) is 7.51. The molecule has 0 aromatic carbocycles. The lowest BCUT2D eigenvalue weighted by Gasteiger charge is -2.47. The molecule has 6 heterocycles. The van der Waals surface area contributed by atoms with Gasteiger partial charge in [-0.15, -0.1) is 16.9 Å². The minimum atomic E-state index is -1.13. The van der Waals surface area contributed by atoms with Crippen molar-refractivity contribution in [3.05, 3.63) is 16.9 Å². The van der Waals surface area contributed by atoms with Gasteiger partial charge < -0.3 is 30.9 Å². The quantitative estimate of drug-likeness (QED) is 0.279. The number of β-lactam (4-membered cyclic amide) rings is 1. The first-order chi connectivity index (χ1) is 19.7. The zero-order valence-corrected chi connectivity index (χ0v) is 24.1. The number of nitrogens with one attached hydrogen (secondary N) is 3. The highest BCUT2D eigenvalue weighted by molar-refractivity contribution is 8.03. The monoisotopic (exact) mass is 587 g/mol. The number of hydrogen-bond donors (Lipinski definition) is 4. The predicted octanol–water partition coefficient (Wildman–Crippen LogP) is -0.841. The number of thioether (sulfide) groups is 1. The van der Waals surface area contributed by atoms with E-state index >= 15 is 0 Å². The molecule has 1 aromatic heterocycles. The van der Waals surface area contributed by atoms with E-state index in [1.54, 1.807) is 6.92 Å². The third kappa shape index (κ3) is 4.91. The second kappa shape index (κ2) is 11.0. The predicted molar refractivity (Wildman–Crippen MR) is 147 cm³/mol. The van der Waals surface area contributed by atoms with Crippen molar-refractivity contribution < 1.29 is 24.3 Å². The molecule has 1 spiro atoms. The number of aromatic nitrogens is 4. The first-order valence-electron chi connectivity index (χ1n) is 14.4. The van der Waals surface area contributed by atoms with Gasteiger partial charge in [0.2, 0.25) is 17.7 Å². The Bertz CT molecular complexity index is 1250. The van der Waals surface area contributed by atoms with Crippen LogP contribution in [0.3, 0.4) is 0 Å². The van der Waals surface area contributed by atoms with Crippen molar-refractivity contribution in [2.24, 2.45) is 11.8 Å². The van der Waals surface area contributed by atoms with Crippen LogP contribution in [0.15, 0.2) is 16.9 Å². The molecule has 0 aliphatic carbocycles. The van der Waals surface area contributed by atoms with E-state index in [1.807, 2.05) is 6.92 Å². The molecule has 14 nitrogen and oxygen atoms in total. The number of amides is 3. The second-order valence-electron chi connectivity index (χ2n) is 11.9.